The maximum absolute atomic E-state index is 12.6. The van der Waals surface area contributed by atoms with E-state index in [1.165, 1.54) is 46.8 Å². The largest absolute Gasteiger partial charge is 0.494 e. The van der Waals surface area contributed by atoms with Crippen molar-refractivity contribution in [2.75, 3.05) is 35.0 Å². The number of amides is 1. The number of hydrogen-bond acceptors (Lipinski definition) is 9. The van der Waals surface area contributed by atoms with Crippen LogP contribution in [0.3, 0.4) is 0 Å². The molecule has 3 rings (SSSR count). The van der Waals surface area contributed by atoms with Crippen molar-refractivity contribution >= 4 is 18.1 Å². The number of hydrazone groups is 1. The SMILES string of the molecule is CCOc1ccc(C(=O)Oc2ccc(/C=N/NC(=O)c3cc(OC)c(OC)c(OC)c3)cc2OC)cc1. The Bertz CT molecular complexity index is 1250. The first-order valence-electron chi connectivity index (χ1n) is 11.2. The lowest BCUT2D eigenvalue weighted by Gasteiger charge is -2.13. The van der Waals surface area contributed by atoms with Crippen molar-refractivity contribution in [1.29, 1.82) is 0 Å². The van der Waals surface area contributed by atoms with E-state index in [0.717, 1.165) is 0 Å². The van der Waals surface area contributed by atoms with Gasteiger partial charge in [-0.1, -0.05) is 0 Å². The molecule has 0 heterocycles. The Morgan fingerprint density at radius 3 is 2.00 bits per heavy atom. The fourth-order valence-corrected chi connectivity index (χ4v) is 3.30. The van der Waals surface area contributed by atoms with Crippen LogP contribution < -0.4 is 33.8 Å². The molecule has 1 amide bonds. The lowest BCUT2D eigenvalue weighted by Crippen LogP contribution is -2.18. The summed E-state index contributed by atoms with van der Waals surface area (Å²) in [6.07, 6.45) is 1.43. The van der Waals surface area contributed by atoms with Gasteiger partial charge in [0.1, 0.15) is 5.75 Å². The highest BCUT2D eigenvalue weighted by atomic mass is 16.6. The molecular weight excluding hydrogens is 480 g/mol. The van der Waals surface area contributed by atoms with E-state index in [4.69, 9.17) is 28.4 Å². The molecule has 10 nitrogen and oxygen atoms in total. The minimum atomic E-state index is -0.541. The molecule has 0 saturated heterocycles. The topological polar surface area (TPSA) is 114 Å². The molecule has 0 atom stereocenters. The van der Waals surface area contributed by atoms with E-state index in [1.807, 2.05) is 6.92 Å². The molecule has 194 valence electrons. The van der Waals surface area contributed by atoms with Crippen LogP contribution in [-0.4, -0.2) is 53.1 Å². The Hall–Kier alpha value is -4.73. The Morgan fingerprint density at radius 2 is 1.43 bits per heavy atom. The summed E-state index contributed by atoms with van der Waals surface area (Å²) in [5.41, 5.74) is 3.68. The van der Waals surface area contributed by atoms with E-state index < -0.39 is 11.9 Å². The number of ether oxygens (including phenoxy) is 6. The predicted molar refractivity (Wildman–Crippen MR) is 137 cm³/mol. The highest BCUT2D eigenvalue weighted by molar-refractivity contribution is 5.96. The Labute approximate surface area is 214 Å². The van der Waals surface area contributed by atoms with Crippen molar-refractivity contribution in [3.63, 3.8) is 0 Å². The van der Waals surface area contributed by atoms with Gasteiger partial charge in [0.15, 0.2) is 23.0 Å². The number of rotatable bonds is 11. The maximum Gasteiger partial charge on any atom is 0.343 e. The molecule has 10 heteroatoms. The van der Waals surface area contributed by atoms with Gasteiger partial charge < -0.3 is 28.4 Å². The summed E-state index contributed by atoms with van der Waals surface area (Å²) >= 11 is 0. The van der Waals surface area contributed by atoms with Gasteiger partial charge in [-0.25, -0.2) is 10.2 Å². The van der Waals surface area contributed by atoms with Crippen LogP contribution in [0.1, 0.15) is 33.2 Å². The lowest BCUT2D eigenvalue weighted by molar-refractivity contribution is 0.0729. The van der Waals surface area contributed by atoms with Crippen LogP contribution in [0.5, 0.6) is 34.5 Å². The molecule has 37 heavy (non-hydrogen) atoms. The molecular formula is C27H28N2O8. The predicted octanol–water partition coefficient (Wildman–Crippen LogP) is 4.10. The molecule has 0 radical (unpaired) electrons. The first kappa shape index (κ1) is 26.9. The third kappa shape index (κ3) is 6.69. The van der Waals surface area contributed by atoms with Gasteiger partial charge in [0.05, 0.1) is 46.8 Å². The maximum atomic E-state index is 12.6. The van der Waals surface area contributed by atoms with Crippen molar-refractivity contribution < 1.29 is 38.0 Å². The van der Waals surface area contributed by atoms with Gasteiger partial charge in [-0.05, 0) is 67.1 Å². The second-order valence-electron chi connectivity index (χ2n) is 7.37. The number of carbonyl (C=O) groups is 2. The number of methoxy groups -OCH3 is 4. The second kappa shape index (κ2) is 12.8. The molecule has 3 aromatic carbocycles. The third-order valence-electron chi connectivity index (χ3n) is 5.10. The van der Waals surface area contributed by atoms with Crippen LogP contribution >= 0.6 is 0 Å². The number of carbonyl (C=O) groups excluding carboxylic acids is 2. The van der Waals surface area contributed by atoms with Crippen molar-refractivity contribution in [1.82, 2.24) is 5.43 Å². The molecule has 0 spiro atoms. The summed E-state index contributed by atoms with van der Waals surface area (Å²) in [6, 6.07) is 14.5. The fourth-order valence-electron chi connectivity index (χ4n) is 3.30. The normalized spacial score (nSPS) is 10.5. The summed E-state index contributed by atoms with van der Waals surface area (Å²) in [6.45, 7) is 2.41. The van der Waals surface area contributed by atoms with E-state index in [-0.39, 0.29) is 11.3 Å². The van der Waals surface area contributed by atoms with Crippen molar-refractivity contribution in [3.05, 3.63) is 71.3 Å². The van der Waals surface area contributed by atoms with Gasteiger partial charge in [-0.15, -0.1) is 0 Å². The first-order valence-corrected chi connectivity index (χ1v) is 11.2. The van der Waals surface area contributed by atoms with Gasteiger partial charge in [-0.3, -0.25) is 4.79 Å². The third-order valence-corrected chi connectivity index (χ3v) is 5.10. The van der Waals surface area contributed by atoms with E-state index in [0.29, 0.717) is 46.5 Å². The number of esters is 1. The lowest BCUT2D eigenvalue weighted by atomic mass is 10.1. The Balaban J connectivity index is 1.69. The molecule has 0 fully saturated rings. The zero-order chi connectivity index (χ0) is 26.8. The van der Waals surface area contributed by atoms with Gasteiger partial charge >= 0.3 is 5.97 Å². The molecule has 0 bridgehead atoms. The van der Waals surface area contributed by atoms with Crippen molar-refractivity contribution in [2.24, 2.45) is 5.10 Å². The zero-order valence-corrected chi connectivity index (χ0v) is 21.2. The van der Waals surface area contributed by atoms with Crippen LogP contribution in [0.4, 0.5) is 0 Å². The standard InChI is InChI=1S/C27H28N2O8/c1-6-36-20-10-8-18(9-11-20)27(31)37-21-12-7-17(13-22(21)32-2)16-28-29-26(30)19-14-23(33-3)25(35-5)24(15-19)34-4/h7-16H,6H2,1-5H3,(H,29,30)/b28-16+. The first-order chi connectivity index (χ1) is 17.9. The van der Waals surface area contributed by atoms with Crippen LogP contribution in [-0.2, 0) is 0 Å². The van der Waals surface area contributed by atoms with Gasteiger partial charge in [-0.2, -0.15) is 5.10 Å². The monoisotopic (exact) mass is 508 g/mol. The van der Waals surface area contributed by atoms with Crippen molar-refractivity contribution in [3.8, 4) is 34.5 Å². The highest BCUT2D eigenvalue weighted by Crippen LogP contribution is 2.38. The van der Waals surface area contributed by atoms with Crippen LogP contribution in [0.15, 0.2) is 59.7 Å². The molecule has 0 unspecified atom stereocenters. The Morgan fingerprint density at radius 1 is 0.784 bits per heavy atom. The highest BCUT2D eigenvalue weighted by Gasteiger charge is 2.17. The summed E-state index contributed by atoms with van der Waals surface area (Å²) in [5.74, 6) is 1.26. The Kier molecular flexibility index (Phi) is 9.31. The molecule has 3 aromatic rings. The van der Waals surface area contributed by atoms with Crippen LogP contribution in [0, 0.1) is 0 Å². The number of benzene rings is 3. The minimum absolute atomic E-state index is 0.236. The van der Waals surface area contributed by atoms with E-state index in [1.54, 1.807) is 42.5 Å². The molecule has 0 aromatic heterocycles. The van der Waals surface area contributed by atoms with E-state index in [9.17, 15) is 9.59 Å². The van der Waals surface area contributed by atoms with Gasteiger partial charge in [0, 0.05) is 5.56 Å². The van der Waals surface area contributed by atoms with Crippen LogP contribution in [0.2, 0.25) is 0 Å². The van der Waals surface area contributed by atoms with Gasteiger partial charge in [0.2, 0.25) is 5.75 Å². The summed E-state index contributed by atoms with van der Waals surface area (Å²) in [5, 5.41) is 4.00. The van der Waals surface area contributed by atoms with E-state index >= 15 is 0 Å². The fraction of sp³-hybridized carbons (Fsp3) is 0.222. The van der Waals surface area contributed by atoms with E-state index in [2.05, 4.69) is 10.5 Å². The summed E-state index contributed by atoms with van der Waals surface area (Å²) in [4.78, 5) is 25.1. The smallest absolute Gasteiger partial charge is 0.343 e. The average molecular weight is 509 g/mol. The number of hydrogen-bond donors (Lipinski definition) is 1. The zero-order valence-electron chi connectivity index (χ0n) is 21.2. The molecule has 0 saturated carbocycles. The van der Waals surface area contributed by atoms with Crippen molar-refractivity contribution in [2.45, 2.75) is 6.92 Å². The molecule has 0 aliphatic rings. The molecule has 1 N–H and O–H groups in total. The minimum Gasteiger partial charge on any atom is -0.494 e. The van der Waals surface area contributed by atoms with Crippen LogP contribution in [0.25, 0.3) is 0 Å². The quantitative estimate of drug-likeness (QED) is 0.178. The number of nitrogens with one attached hydrogen (secondary N) is 1. The summed E-state index contributed by atoms with van der Waals surface area (Å²) < 4.78 is 32.0. The van der Waals surface area contributed by atoms with Gasteiger partial charge in [0.25, 0.3) is 5.91 Å². The number of nitrogens with zero attached hydrogens (tertiary/aromatic N) is 1. The average Bonchev–Trinajstić information content (AvgIpc) is 2.93. The summed E-state index contributed by atoms with van der Waals surface area (Å²) in [7, 11) is 5.86. The molecule has 0 aliphatic carbocycles. The molecule has 0 aliphatic heterocycles. The second-order valence-corrected chi connectivity index (χ2v) is 7.37.